The predicted molar refractivity (Wildman–Crippen MR) is 64.1 cm³/mol. The van der Waals surface area contributed by atoms with Crippen LogP contribution in [0.1, 0.15) is 30.5 Å². The van der Waals surface area contributed by atoms with Crippen LogP contribution in [0.4, 0.5) is 0 Å². The first-order valence-corrected chi connectivity index (χ1v) is 5.64. The summed E-state index contributed by atoms with van der Waals surface area (Å²) in [4.78, 5) is 0. The topological polar surface area (TPSA) is 0 Å². The van der Waals surface area contributed by atoms with Gasteiger partial charge in [-0.25, -0.2) is 0 Å². The Bertz CT molecular complexity index is 302. The van der Waals surface area contributed by atoms with Crippen molar-refractivity contribution in [2.45, 2.75) is 39.5 Å². The van der Waals surface area contributed by atoms with Gasteiger partial charge in [0.05, 0.1) is 0 Å². The van der Waals surface area contributed by atoms with Crippen LogP contribution in [0.25, 0.3) is 0 Å². The lowest BCUT2D eigenvalue weighted by atomic mass is 9.94. The lowest BCUT2D eigenvalue weighted by Gasteiger charge is -2.15. The first-order chi connectivity index (χ1) is 6.50. The second kappa shape index (κ2) is 4.84. The molecule has 0 aromatic heterocycles. The van der Waals surface area contributed by atoms with Gasteiger partial charge in [0.1, 0.15) is 0 Å². The van der Waals surface area contributed by atoms with E-state index in [9.17, 15) is 0 Å². The summed E-state index contributed by atoms with van der Waals surface area (Å²) in [6, 6.07) is 6.62. The largest absolute Gasteiger partial charge is 0.123 e. The highest BCUT2D eigenvalue weighted by Crippen LogP contribution is 2.19. The Hall–Kier alpha value is -0.490. The monoisotopic (exact) mass is 210 g/mol. The van der Waals surface area contributed by atoms with E-state index in [1.807, 2.05) is 0 Å². The van der Waals surface area contributed by atoms with E-state index in [1.54, 1.807) is 0 Å². The zero-order chi connectivity index (χ0) is 10.7. The Kier molecular flexibility index (Phi) is 4.00. The van der Waals surface area contributed by atoms with E-state index in [0.29, 0.717) is 5.92 Å². The Morgan fingerprint density at radius 2 is 1.86 bits per heavy atom. The molecule has 0 aliphatic carbocycles. The summed E-state index contributed by atoms with van der Waals surface area (Å²) < 4.78 is 0. The Morgan fingerprint density at radius 1 is 1.21 bits per heavy atom. The van der Waals surface area contributed by atoms with Crippen molar-refractivity contribution in [1.29, 1.82) is 0 Å². The van der Waals surface area contributed by atoms with Crippen molar-refractivity contribution in [3.8, 4) is 0 Å². The van der Waals surface area contributed by atoms with Crippen molar-refractivity contribution in [2.24, 2.45) is 5.92 Å². The van der Waals surface area contributed by atoms with Crippen molar-refractivity contribution in [2.75, 3.05) is 0 Å². The second-order valence-corrected chi connectivity index (χ2v) is 4.98. The third kappa shape index (κ3) is 3.02. The van der Waals surface area contributed by atoms with Gasteiger partial charge in [-0.2, -0.15) is 0 Å². The van der Waals surface area contributed by atoms with Gasteiger partial charge in [0.25, 0.3) is 0 Å². The molecule has 0 saturated carbocycles. The normalized spacial score (nSPS) is 15.2. The van der Waals surface area contributed by atoms with Crippen LogP contribution in [0, 0.1) is 19.8 Å². The van der Waals surface area contributed by atoms with Crippen molar-refractivity contribution < 1.29 is 0 Å². The summed E-state index contributed by atoms with van der Waals surface area (Å²) >= 11 is 6.07. The number of alkyl halides is 1. The number of benzene rings is 1. The molecular formula is C13H19Cl. The summed E-state index contributed by atoms with van der Waals surface area (Å²) in [5.41, 5.74) is 4.14. The maximum atomic E-state index is 6.07. The highest BCUT2D eigenvalue weighted by Gasteiger charge is 2.11. The molecule has 14 heavy (non-hydrogen) atoms. The van der Waals surface area contributed by atoms with E-state index in [4.69, 9.17) is 11.6 Å². The Morgan fingerprint density at radius 3 is 2.43 bits per heavy atom. The van der Waals surface area contributed by atoms with Crippen LogP contribution in [-0.2, 0) is 6.42 Å². The lowest BCUT2D eigenvalue weighted by Crippen LogP contribution is -2.11. The summed E-state index contributed by atoms with van der Waals surface area (Å²) in [7, 11) is 0. The van der Waals surface area contributed by atoms with E-state index < -0.39 is 0 Å². The minimum atomic E-state index is 0.245. The molecule has 0 radical (unpaired) electrons. The smallest absolute Gasteiger partial charge is 0.0336 e. The molecule has 0 heterocycles. The summed E-state index contributed by atoms with van der Waals surface area (Å²) in [6.07, 6.45) is 1.08. The fraction of sp³-hybridized carbons (Fsp3) is 0.538. The zero-order valence-corrected chi connectivity index (χ0v) is 10.2. The molecule has 2 atom stereocenters. The molecule has 0 fully saturated rings. The predicted octanol–water partition coefficient (Wildman–Crippen LogP) is 4.11. The Balaban J connectivity index is 2.80. The fourth-order valence-corrected chi connectivity index (χ4v) is 1.62. The standard InChI is InChI=1S/C13H19Cl/c1-9-5-6-10(2)13(7-9)8-11(3)12(4)14/h5-7,11-12H,8H2,1-4H3. The molecule has 0 spiro atoms. The summed E-state index contributed by atoms with van der Waals surface area (Å²) in [6.45, 7) is 8.58. The number of hydrogen-bond donors (Lipinski definition) is 0. The maximum absolute atomic E-state index is 6.07. The number of aryl methyl sites for hydroxylation is 2. The maximum Gasteiger partial charge on any atom is 0.0336 e. The molecule has 0 N–H and O–H groups in total. The van der Waals surface area contributed by atoms with Crippen LogP contribution in [0.3, 0.4) is 0 Å². The average Bonchev–Trinajstić information content (AvgIpc) is 2.11. The molecule has 1 rings (SSSR count). The van der Waals surface area contributed by atoms with Crippen molar-refractivity contribution in [3.05, 3.63) is 34.9 Å². The Labute approximate surface area is 92.3 Å². The lowest BCUT2D eigenvalue weighted by molar-refractivity contribution is 0.566. The van der Waals surface area contributed by atoms with Crippen LogP contribution in [-0.4, -0.2) is 5.38 Å². The van der Waals surface area contributed by atoms with E-state index in [2.05, 4.69) is 45.9 Å². The van der Waals surface area contributed by atoms with Gasteiger partial charge in [0, 0.05) is 5.38 Å². The zero-order valence-electron chi connectivity index (χ0n) is 9.47. The number of halogens is 1. The highest BCUT2D eigenvalue weighted by atomic mass is 35.5. The molecule has 0 aliphatic heterocycles. The molecular weight excluding hydrogens is 192 g/mol. The van der Waals surface area contributed by atoms with E-state index in [-0.39, 0.29) is 5.38 Å². The van der Waals surface area contributed by atoms with E-state index in [1.165, 1.54) is 16.7 Å². The molecule has 1 aromatic rings. The summed E-state index contributed by atoms with van der Waals surface area (Å²) in [5.74, 6) is 0.539. The van der Waals surface area contributed by atoms with Gasteiger partial charge in [0.15, 0.2) is 0 Å². The van der Waals surface area contributed by atoms with Crippen molar-refractivity contribution in [3.63, 3.8) is 0 Å². The molecule has 78 valence electrons. The van der Waals surface area contributed by atoms with Gasteiger partial charge in [-0.1, -0.05) is 30.7 Å². The number of rotatable bonds is 3. The van der Waals surface area contributed by atoms with E-state index >= 15 is 0 Å². The van der Waals surface area contributed by atoms with Gasteiger partial charge in [-0.3, -0.25) is 0 Å². The minimum Gasteiger partial charge on any atom is -0.123 e. The van der Waals surface area contributed by atoms with Crippen LogP contribution in [0.2, 0.25) is 0 Å². The van der Waals surface area contributed by atoms with Crippen LogP contribution in [0.5, 0.6) is 0 Å². The molecule has 0 saturated heterocycles. The average molecular weight is 211 g/mol. The number of hydrogen-bond acceptors (Lipinski definition) is 0. The van der Waals surface area contributed by atoms with E-state index in [0.717, 1.165) is 6.42 Å². The molecule has 0 bridgehead atoms. The van der Waals surface area contributed by atoms with Crippen molar-refractivity contribution >= 4 is 11.6 Å². The molecule has 0 aliphatic rings. The quantitative estimate of drug-likeness (QED) is 0.659. The van der Waals surface area contributed by atoms with Gasteiger partial charge in [-0.15, -0.1) is 11.6 Å². The third-order valence-corrected chi connectivity index (χ3v) is 3.26. The van der Waals surface area contributed by atoms with Crippen LogP contribution >= 0.6 is 11.6 Å². The molecule has 0 amide bonds. The molecule has 2 unspecified atom stereocenters. The summed E-state index contributed by atoms with van der Waals surface area (Å²) in [5, 5.41) is 0.245. The van der Waals surface area contributed by atoms with Gasteiger partial charge < -0.3 is 0 Å². The highest BCUT2D eigenvalue weighted by molar-refractivity contribution is 6.20. The van der Waals surface area contributed by atoms with Crippen molar-refractivity contribution in [1.82, 2.24) is 0 Å². The first-order valence-electron chi connectivity index (χ1n) is 5.21. The minimum absolute atomic E-state index is 0.245. The molecule has 1 heteroatoms. The molecule has 0 nitrogen and oxygen atoms in total. The second-order valence-electron chi connectivity index (χ2n) is 4.29. The molecule has 1 aromatic carbocycles. The van der Waals surface area contributed by atoms with Crippen LogP contribution in [0.15, 0.2) is 18.2 Å². The van der Waals surface area contributed by atoms with Crippen LogP contribution < -0.4 is 0 Å². The van der Waals surface area contributed by atoms with Gasteiger partial charge in [0.2, 0.25) is 0 Å². The SMILES string of the molecule is Cc1ccc(C)c(CC(C)C(C)Cl)c1. The third-order valence-electron chi connectivity index (χ3n) is 2.83. The van der Waals surface area contributed by atoms with Gasteiger partial charge in [-0.05, 0) is 44.2 Å². The van der Waals surface area contributed by atoms with Gasteiger partial charge >= 0.3 is 0 Å². The first kappa shape index (κ1) is 11.6. The fourth-order valence-electron chi connectivity index (χ4n) is 1.53.